The molecule has 3 rings (SSSR count). The lowest BCUT2D eigenvalue weighted by atomic mass is 9.81. The molecule has 8 nitrogen and oxygen atoms in total. The predicted molar refractivity (Wildman–Crippen MR) is 50.9 cm³/mol. The summed E-state index contributed by atoms with van der Waals surface area (Å²) < 4.78 is 18.4. The van der Waals surface area contributed by atoms with Crippen LogP contribution < -0.4 is 0 Å². The predicted octanol–water partition coefficient (Wildman–Crippen LogP) is -1.30. The molecule has 0 aromatic carbocycles. The van der Waals surface area contributed by atoms with Crippen LogP contribution in [0, 0.1) is 0 Å². The molecule has 0 aromatic rings. The maximum Gasteiger partial charge on any atom is 0.364 e. The van der Waals surface area contributed by atoms with Gasteiger partial charge in [-0.1, -0.05) is 0 Å². The molecule has 0 spiro atoms. The fraction of sp³-hybridized carbons (Fsp3) is 0.600. The van der Waals surface area contributed by atoms with Crippen molar-refractivity contribution in [3.63, 3.8) is 0 Å². The Morgan fingerprint density at radius 3 is 1.50 bits per heavy atom. The maximum atomic E-state index is 11.7. The van der Waals surface area contributed by atoms with Crippen molar-refractivity contribution in [3.8, 4) is 0 Å². The SMILES string of the molecule is COC(=O)[C@]12CC[C@](C(=O)OC)(OC1=O)C(=O)O2. The van der Waals surface area contributed by atoms with Crippen molar-refractivity contribution < 1.29 is 38.1 Å². The number of fused-ring (bicyclic) bond motifs is 3. The van der Waals surface area contributed by atoms with Crippen LogP contribution in [-0.2, 0) is 38.1 Å². The number of carbonyl (C=O) groups excluding carboxylic acids is 4. The molecule has 3 aliphatic heterocycles. The van der Waals surface area contributed by atoms with Gasteiger partial charge in [-0.05, 0) is 0 Å². The van der Waals surface area contributed by atoms with Gasteiger partial charge in [0.05, 0.1) is 14.2 Å². The number of ether oxygens (including phenoxy) is 4. The van der Waals surface area contributed by atoms with Crippen LogP contribution in [0.4, 0.5) is 0 Å². The van der Waals surface area contributed by atoms with E-state index < -0.39 is 35.1 Å². The zero-order valence-electron chi connectivity index (χ0n) is 9.68. The van der Waals surface area contributed by atoms with Gasteiger partial charge in [-0.3, -0.25) is 0 Å². The molecule has 18 heavy (non-hydrogen) atoms. The van der Waals surface area contributed by atoms with Crippen LogP contribution in [0.25, 0.3) is 0 Å². The van der Waals surface area contributed by atoms with Crippen LogP contribution >= 0.6 is 0 Å². The molecule has 3 fully saturated rings. The summed E-state index contributed by atoms with van der Waals surface area (Å²) in [7, 11) is 2.10. The standard InChI is InChI=1S/C10H10O8/c1-15-5(11)9-3-4-10(6(12)16-2,8(14)17-9)18-7(9)13/h3-4H2,1-2H3/t9-,10-/m1/s1. The fourth-order valence-electron chi connectivity index (χ4n) is 2.01. The molecule has 98 valence electrons. The zero-order valence-corrected chi connectivity index (χ0v) is 9.68. The summed E-state index contributed by atoms with van der Waals surface area (Å²) in [4.78, 5) is 46.5. The number of carbonyl (C=O) groups is 4. The van der Waals surface area contributed by atoms with E-state index in [1.165, 1.54) is 0 Å². The van der Waals surface area contributed by atoms with Gasteiger partial charge in [0.1, 0.15) is 0 Å². The van der Waals surface area contributed by atoms with Gasteiger partial charge in [0.2, 0.25) is 0 Å². The highest BCUT2D eigenvalue weighted by Crippen LogP contribution is 2.42. The number of esters is 4. The highest BCUT2D eigenvalue weighted by atomic mass is 16.7. The third-order valence-corrected chi connectivity index (χ3v) is 3.05. The first kappa shape index (κ1) is 12.3. The van der Waals surface area contributed by atoms with Crippen LogP contribution in [0.3, 0.4) is 0 Å². The highest BCUT2D eigenvalue weighted by Gasteiger charge is 2.71. The van der Waals surface area contributed by atoms with Crippen LogP contribution in [0.2, 0.25) is 0 Å². The Balaban J connectivity index is 2.40. The Morgan fingerprint density at radius 1 is 0.944 bits per heavy atom. The van der Waals surface area contributed by atoms with E-state index in [1.54, 1.807) is 0 Å². The molecule has 0 aliphatic carbocycles. The maximum absolute atomic E-state index is 11.7. The van der Waals surface area contributed by atoms with Crippen LogP contribution in [0.15, 0.2) is 0 Å². The summed E-state index contributed by atoms with van der Waals surface area (Å²) in [6.45, 7) is 0. The molecule has 8 heteroatoms. The Hall–Kier alpha value is -2.12. The minimum Gasteiger partial charge on any atom is -0.466 e. The average molecular weight is 258 g/mol. The summed E-state index contributed by atoms with van der Waals surface area (Å²) in [6, 6.07) is 0. The normalized spacial score (nSPS) is 33.4. The first-order valence-electron chi connectivity index (χ1n) is 5.06. The van der Waals surface area contributed by atoms with Gasteiger partial charge in [-0.15, -0.1) is 0 Å². The lowest BCUT2D eigenvalue weighted by Gasteiger charge is -2.45. The van der Waals surface area contributed by atoms with E-state index in [0.717, 1.165) is 14.2 Å². The van der Waals surface area contributed by atoms with E-state index in [0.29, 0.717) is 0 Å². The summed E-state index contributed by atoms with van der Waals surface area (Å²) in [6.07, 6.45) is -0.362. The van der Waals surface area contributed by atoms with Crippen LogP contribution in [0.5, 0.6) is 0 Å². The largest absolute Gasteiger partial charge is 0.466 e. The lowest BCUT2D eigenvalue weighted by molar-refractivity contribution is -0.250. The van der Waals surface area contributed by atoms with Gasteiger partial charge < -0.3 is 18.9 Å². The molecule has 3 aliphatic rings. The van der Waals surface area contributed by atoms with Gasteiger partial charge in [-0.2, -0.15) is 0 Å². The van der Waals surface area contributed by atoms with Crippen molar-refractivity contribution in [3.05, 3.63) is 0 Å². The molecule has 0 saturated carbocycles. The topological polar surface area (TPSA) is 105 Å². The Morgan fingerprint density at radius 2 is 1.28 bits per heavy atom. The van der Waals surface area contributed by atoms with Crippen molar-refractivity contribution in [2.75, 3.05) is 14.2 Å². The smallest absolute Gasteiger partial charge is 0.364 e. The zero-order chi connectivity index (χ0) is 13.6. The van der Waals surface area contributed by atoms with Gasteiger partial charge in [0, 0.05) is 12.8 Å². The summed E-state index contributed by atoms with van der Waals surface area (Å²) >= 11 is 0. The van der Waals surface area contributed by atoms with Crippen molar-refractivity contribution >= 4 is 23.9 Å². The number of methoxy groups -OCH3 is 2. The molecule has 2 bridgehead atoms. The Bertz CT molecular complexity index is 413. The first-order chi connectivity index (χ1) is 8.43. The molecule has 3 saturated heterocycles. The highest BCUT2D eigenvalue weighted by molar-refractivity contribution is 6.16. The molecule has 0 aromatic heterocycles. The minimum absolute atomic E-state index is 0.181. The summed E-state index contributed by atoms with van der Waals surface area (Å²) in [5.74, 6) is -4.30. The molecule has 2 atom stereocenters. The monoisotopic (exact) mass is 258 g/mol. The van der Waals surface area contributed by atoms with Crippen LogP contribution in [0.1, 0.15) is 12.8 Å². The van der Waals surface area contributed by atoms with Gasteiger partial charge in [0.25, 0.3) is 0 Å². The van der Waals surface area contributed by atoms with E-state index >= 15 is 0 Å². The molecule has 0 amide bonds. The molecular weight excluding hydrogens is 248 g/mol. The van der Waals surface area contributed by atoms with Crippen molar-refractivity contribution in [2.24, 2.45) is 0 Å². The van der Waals surface area contributed by atoms with E-state index in [-0.39, 0.29) is 12.8 Å². The Labute approximate surface area is 101 Å². The fourth-order valence-corrected chi connectivity index (χ4v) is 2.01. The van der Waals surface area contributed by atoms with Gasteiger partial charge in [-0.25, -0.2) is 19.2 Å². The van der Waals surface area contributed by atoms with E-state index in [9.17, 15) is 19.2 Å². The molecule has 0 unspecified atom stereocenters. The number of rotatable bonds is 2. The molecular formula is C10H10O8. The van der Waals surface area contributed by atoms with E-state index in [1.807, 2.05) is 0 Å². The number of hydrogen-bond acceptors (Lipinski definition) is 8. The van der Waals surface area contributed by atoms with Crippen molar-refractivity contribution in [1.82, 2.24) is 0 Å². The average Bonchev–Trinajstić information content (AvgIpc) is 2.38. The van der Waals surface area contributed by atoms with Crippen molar-refractivity contribution in [1.29, 1.82) is 0 Å². The molecule has 0 radical (unpaired) electrons. The minimum atomic E-state index is -2.10. The van der Waals surface area contributed by atoms with Crippen LogP contribution in [-0.4, -0.2) is 49.3 Å². The lowest BCUT2D eigenvalue weighted by Crippen LogP contribution is -2.71. The van der Waals surface area contributed by atoms with E-state index in [4.69, 9.17) is 9.47 Å². The second kappa shape index (κ2) is 3.69. The summed E-state index contributed by atoms with van der Waals surface area (Å²) in [5.41, 5.74) is -4.19. The second-order valence-corrected chi connectivity index (χ2v) is 3.92. The van der Waals surface area contributed by atoms with Gasteiger partial charge in [0.15, 0.2) is 0 Å². The third kappa shape index (κ3) is 1.25. The summed E-state index contributed by atoms with van der Waals surface area (Å²) in [5, 5.41) is 0. The van der Waals surface area contributed by atoms with Crippen molar-refractivity contribution in [2.45, 2.75) is 24.0 Å². The Kier molecular flexibility index (Phi) is 2.53. The van der Waals surface area contributed by atoms with E-state index in [2.05, 4.69) is 9.47 Å². The van der Waals surface area contributed by atoms with Gasteiger partial charge >= 0.3 is 35.1 Å². The third-order valence-electron chi connectivity index (χ3n) is 3.05. The first-order valence-corrected chi connectivity index (χ1v) is 5.06. The quantitative estimate of drug-likeness (QED) is 0.342. The number of hydrogen-bond donors (Lipinski definition) is 0. The second-order valence-electron chi connectivity index (χ2n) is 3.92. The molecule has 0 N–H and O–H groups in total. The molecule has 3 heterocycles.